The van der Waals surface area contributed by atoms with Crippen LogP contribution in [0, 0.1) is 0 Å². The molecule has 1 amide bonds. The van der Waals surface area contributed by atoms with Crippen LogP contribution in [0.25, 0.3) is 0 Å². The van der Waals surface area contributed by atoms with Gasteiger partial charge in [0.2, 0.25) is 0 Å². The summed E-state index contributed by atoms with van der Waals surface area (Å²) in [6.45, 7) is 2.50. The molecule has 3 unspecified atom stereocenters. The summed E-state index contributed by atoms with van der Waals surface area (Å²) in [5.74, 6) is -5.95. The van der Waals surface area contributed by atoms with Crippen LogP contribution in [0.5, 0.6) is 0 Å². The van der Waals surface area contributed by atoms with Crippen molar-refractivity contribution in [3.8, 4) is 0 Å². The zero-order chi connectivity index (χ0) is 24.4. The lowest BCUT2D eigenvalue weighted by Gasteiger charge is -2.54. The summed E-state index contributed by atoms with van der Waals surface area (Å²) in [6.07, 6.45) is -1.54. The molecule has 0 aromatic heterocycles. The number of amides is 1. The Morgan fingerprint density at radius 1 is 0.909 bits per heavy atom. The summed E-state index contributed by atoms with van der Waals surface area (Å²) in [6, 6.07) is 4.29. The zero-order valence-electron chi connectivity index (χ0n) is 18.1. The van der Waals surface area contributed by atoms with Crippen LogP contribution in [-0.4, -0.2) is 98.7 Å². The highest BCUT2D eigenvalue weighted by molar-refractivity contribution is 6.10. The second-order valence-corrected chi connectivity index (χ2v) is 8.48. The Morgan fingerprint density at radius 3 is 2.03 bits per heavy atom. The van der Waals surface area contributed by atoms with Gasteiger partial charge in [-0.2, -0.15) is 0 Å². The van der Waals surface area contributed by atoms with E-state index in [0.29, 0.717) is 24.4 Å². The van der Waals surface area contributed by atoms with E-state index in [1.165, 1.54) is 6.92 Å². The molecule has 0 radical (unpaired) electrons. The highest BCUT2D eigenvalue weighted by Crippen LogP contribution is 2.39. The maximum Gasteiger partial charge on any atom is 0.409 e. The molecule has 1 aromatic carbocycles. The van der Waals surface area contributed by atoms with Gasteiger partial charge in [-0.1, -0.05) is 24.3 Å². The number of rotatable bonds is 3. The van der Waals surface area contributed by atoms with Crippen molar-refractivity contribution in [3.05, 3.63) is 35.4 Å². The average Bonchev–Trinajstić information content (AvgIpc) is 2.72. The minimum absolute atomic E-state index is 0.00474. The molecule has 0 saturated carbocycles. The Hall–Kier alpha value is -3.22. The first-order chi connectivity index (χ1) is 15.6. The number of carboxylic acids is 3. The standard InChI is InChI=1S/C21H28N4O8/c1-20-11-13-5-3-2-4-12(13)10-14(20)23-8-6-22-7-9-24-15(16(26)27)21(17(28)29,18(30)31)25(20)19(32)33/h2-5,14-15,22-24H,6-11H2,1H3,(H,26,27)(H,28,29)(H,30,31)(H,32,33). The van der Waals surface area contributed by atoms with Crippen molar-refractivity contribution in [2.24, 2.45) is 0 Å². The monoisotopic (exact) mass is 464 g/mol. The lowest BCUT2D eigenvalue weighted by atomic mass is 9.71. The predicted molar refractivity (Wildman–Crippen MR) is 114 cm³/mol. The summed E-state index contributed by atoms with van der Waals surface area (Å²) < 4.78 is 0. The van der Waals surface area contributed by atoms with Crippen LogP contribution < -0.4 is 16.0 Å². The zero-order valence-corrected chi connectivity index (χ0v) is 18.1. The summed E-state index contributed by atoms with van der Waals surface area (Å²) >= 11 is 0. The molecule has 2 aliphatic rings. The number of benzene rings is 1. The molecule has 3 rings (SSSR count). The number of hydrogen-bond donors (Lipinski definition) is 7. The van der Waals surface area contributed by atoms with Gasteiger partial charge in [0.15, 0.2) is 6.04 Å². The molecule has 180 valence electrons. The van der Waals surface area contributed by atoms with Crippen LogP contribution in [0.3, 0.4) is 0 Å². The minimum atomic E-state index is -3.34. The topological polar surface area (TPSA) is 189 Å². The van der Waals surface area contributed by atoms with Crippen molar-refractivity contribution in [2.45, 2.75) is 42.9 Å². The van der Waals surface area contributed by atoms with Gasteiger partial charge in [0.1, 0.15) is 0 Å². The normalized spacial score (nSPS) is 27.7. The average molecular weight is 464 g/mol. The molecule has 12 nitrogen and oxygen atoms in total. The van der Waals surface area contributed by atoms with Gasteiger partial charge >= 0.3 is 24.0 Å². The highest BCUT2D eigenvalue weighted by Gasteiger charge is 2.68. The second-order valence-electron chi connectivity index (χ2n) is 8.48. The van der Waals surface area contributed by atoms with E-state index in [-0.39, 0.29) is 19.5 Å². The van der Waals surface area contributed by atoms with Gasteiger partial charge in [-0.05, 0) is 30.9 Å². The molecule has 1 aliphatic heterocycles. The number of nitrogens with zero attached hydrogens (tertiary/aromatic N) is 1. The van der Waals surface area contributed by atoms with Gasteiger partial charge in [-0.15, -0.1) is 0 Å². The maximum atomic E-state index is 12.7. The molecule has 0 bridgehead atoms. The van der Waals surface area contributed by atoms with E-state index in [0.717, 1.165) is 11.1 Å². The molecular weight excluding hydrogens is 436 g/mol. The summed E-state index contributed by atoms with van der Waals surface area (Å²) in [4.78, 5) is 50.4. The first kappa shape index (κ1) is 24.4. The summed E-state index contributed by atoms with van der Waals surface area (Å²) in [5.41, 5.74) is -3.29. The van der Waals surface area contributed by atoms with Crippen LogP contribution in [0.1, 0.15) is 18.1 Å². The van der Waals surface area contributed by atoms with E-state index in [9.17, 15) is 39.6 Å². The van der Waals surface area contributed by atoms with Crippen molar-refractivity contribution in [1.82, 2.24) is 20.9 Å². The Labute approximate surface area is 189 Å². The molecule has 1 aromatic rings. The number of carboxylic acid groups (broad SMARTS) is 4. The Morgan fingerprint density at radius 2 is 1.48 bits per heavy atom. The number of aliphatic carboxylic acids is 3. The van der Waals surface area contributed by atoms with E-state index in [4.69, 9.17) is 0 Å². The molecule has 12 heteroatoms. The Bertz CT molecular complexity index is 940. The fraction of sp³-hybridized carbons (Fsp3) is 0.524. The fourth-order valence-electron chi connectivity index (χ4n) is 5.01. The molecule has 1 fully saturated rings. The second kappa shape index (κ2) is 9.33. The number of nitrogens with one attached hydrogen (secondary N) is 3. The van der Waals surface area contributed by atoms with E-state index in [1.807, 2.05) is 12.1 Å². The van der Waals surface area contributed by atoms with Gasteiger partial charge < -0.3 is 36.4 Å². The van der Waals surface area contributed by atoms with Crippen LogP contribution in [0.4, 0.5) is 4.79 Å². The van der Waals surface area contributed by atoms with Crippen molar-refractivity contribution in [1.29, 1.82) is 0 Å². The van der Waals surface area contributed by atoms with Crippen molar-refractivity contribution < 1.29 is 39.6 Å². The third-order valence-electron chi connectivity index (χ3n) is 6.56. The molecule has 1 heterocycles. The smallest absolute Gasteiger partial charge is 0.409 e. The third kappa shape index (κ3) is 4.12. The van der Waals surface area contributed by atoms with E-state index >= 15 is 0 Å². The fourth-order valence-corrected chi connectivity index (χ4v) is 5.01. The van der Waals surface area contributed by atoms with E-state index < -0.39 is 47.2 Å². The van der Waals surface area contributed by atoms with Gasteiger partial charge in [-0.3, -0.25) is 9.69 Å². The SMILES string of the molecule is CC12Cc3ccccc3CC1NCCNCCNC(C(=O)O)C(C(=O)O)(C(=O)O)N2C(=O)O. The first-order valence-electron chi connectivity index (χ1n) is 10.5. The van der Waals surface area contributed by atoms with Crippen molar-refractivity contribution in [2.75, 3.05) is 26.2 Å². The predicted octanol–water partition coefficient (Wildman–Crippen LogP) is -0.964. The van der Waals surface area contributed by atoms with Crippen molar-refractivity contribution in [3.63, 3.8) is 0 Å². The van der Waals surface area contributed by atoms with Gasteiger partial charge in [-0.25, -0.2) is 14.4 Å². The van der Waals surface area contributed by atoms with Gasteiger partial charge in [0, 0.05) is 32.2 Å². The summed E-state index contributed by atoms with van der Waals surface area (Å²) in [7, 11) is 0. The van der Waals surface area contributed by atoms with Gasteiger partial charge in [0.05, 0.1) is 5.54 Å². The minimum Gasteiger partial charge on any atom is -0.480 e. The molecule has 1 aliphatic carbocycles. The maximum absolute atomic E-state index is 12.7. The quantitative estimate of drug-likeness (QED) is 0.273. The Kier molecular flexibility index (Phi) is 6.91. The highest BCUT2D eigenvalue weighted by atomic mass is 16.4. The van der Waals surface area contributed by atoms with Crippen LogP contribution in [-0.2, 0) is 27.2 Å². The molecule has 0 spiro atoms. The van der Waals surface area contributed by atoms with E-state index in [1.54, 1.807) is 12.1 Å². The van der Waals surface area contributed by atoms with E-state index in [2.05, 4.69) is 16.0 Å². The molecule has 3 atom stereocenters. The molecule has 7 N–H and O–H groups in total. The van der Waals surface area contributed by atoms with Crippen LogP contribution in [0.2, 0.25) is 0 Å². The number of carbonyl (C=O) groups is 4. The lowest BCUT2D eigenvalue weighted by molar-refractivity contribution is -0.180. The molecular formula is C21H28N4O8. The van der Waals surface area contributed by atoms with Crippen LogP contribution >= 0.6 is 0 Å². The third-order valence-corrected chi connectivity index (χ3v) is 6.56. The summed E-state index contributed by atoms with van der Waals surface area (Å²) in [5, 5.41) is 49.3. The first-order valence-corrected chi connectivity index (χ1v) is 10.5. The largest absolute Gasteiger partial charge is 0.480 e. The number of hydrogen-bond acceptors (Lipinski definition) is 7. The van der Waals surface area contributed by atoms with Crippen LogP contribution in [0.15, 0.2) is 24.3 Å². The molecule has 33 heavy (non-hydrogen) atoms. The Balaban J connectivity index is 2.31. The number of fused-ring (bicyclic) bond motifs is 2. The molecule has 1 saturated heterocycles. The lowest BCUT2D eigenvalue weighted by Crippen LogP contribution is -2.81. The van der Waals surface area contributed by atoms with Gasteiger partial charge in [0.25, 0.3) is 5.54 Å². The van der Waals surface area contributed by atoms with Crippen molar-refractivity contribution >= 4 is 24.0 Å².